The number of rotatable bonds is 2. The number of pyridine rings is 1. The van der Waals surface area contributed by atoms with Crippen molar-refractivity contribution in [2.24, 2.45) is 11.3 Å². The van der Waals surface area contributed by atoms with Crippen molar-refractivity contribution in [3.63, 3.8) is 0 Å². The Morgan fingerprint density at radius 1 is 1.24 bits per heavy atom. The van der Waals surface area contributed by atoms with Gasteiger partial charge >= 0.3 is 0 Å². The first kappa shape index (κ1) is 18.4. The molecule has 1 amide bonds. The van der Waals surface area contributed by atoms with Gasteiger partial charge in [0.25, 0.3) is 0 Å². The summed E-state index contributed by atoms with van der Waals surface area (Å²) in [6, 6.07) is 10.4. The molecule has 2 N–H and O–H groups in total. The van der Waals surface area contributed by atoms with Crippen LogP contribution in [0.2, 0.25) is 0 Å². The summed E-state index contributed by atoms with van der Waals surface area (Å²) in [5.74, 6) is 1.18. The fourth-order valence-electron chi connectivity index (χ4n) is 4.88. The first-order chi connectivity index (χ1) is 14.0. The van der Waals surface area contributed by atoms with E-state index in [1.54, 1.807) is 6.20 Å². The molecule has 0 radical (unpaired) electrons. The highest BCUT2D eigenvalue weighted by Crippen LogP contribution is 2.47. The number of nitrogens with one attached hydrogen (secondary N) is 2. The Bertz CT molecular complexity index is 927. The van der Waals surface area contributed by atoms with Gasteiger partial charge in [0.2, 0.25) is 5.91 Å². The first-order valence-corrected chi connectivity index (χ1v) is 10.6. The second-order valence-corrected chi connectivity index (χ2v) is 9.31. The van der Waals surface area contributed by atoms with Crippen molar-refractivity contribution >= 4 is 28.8 Å². The zero-order valence-electron chi connectivity index (χ0n) is 17.2. The molecule has 0 bridgehead atoms. The standard InChI is InChI=1S/C23H29N5O/c1-23(2)12-17(13-23)22(29)28-14-16-5-3-9-25-21(16)26-19-7-6-18(11-20(19)28)27-10-4-8-24-15-27/h3,5-7,9,11,17,24H,4,8,10,12-15H2,1-2H3,(H,25,26). The summed E-state index contributed by atoms with van der Waals surface area (Å²) in [5, 5.41) is 6.91. The van der Waals surface area contributed by atoms with E-state index in [4.69, 9.17) is 0 Å². The maximum atomic E-state index is 13.5. The van der Waals surface area contributed by atoms with Gasteiger partial charge in [-0.3, -0.25) is 10.1 Å². The minimum Gasteiger partial charge on any atom is -0.359 e. The number of fused-ring (bicyclic) bond motifs is 2. The van der Waals surface area contributed by atoms with Crippen LogP contribution in [0.15, 0.2) is 36.5 Å². The van der Waals surface area contributed by atoms with E-state index in [0.29, 0.717) is 6.54 Å². The third kappa shape index (κ3) is 3.46. The van der Waals surface area contributed by atoms with Crippen LogP contribution in [0.1, 0.15) is 38.7 Å². The normalized spacial score (nSPS) is 20.8. The smallest absolute Gasteiger partial charge is 0.230 e. The predicted molar refractivity (Wildman–Crippen MR) is 116 cm³/mol. The number of nitrogens with zero attached hydrogens (tertiary/aromatic N) is 3. The number of anilines is 4. The lowest BCUT2D eigenvalue weighted by molar-refractivity contribution is -0.128. The van der Waals surface area contributed by atoms with Crippen LogP contribution < -0.4 is 20.4 Å². The van der Waals surface area contributed by atoms with Crippen molar-refractivity contribution in [2.75, 3.05) is 34.9 Å². The summed E-state index contributed by atoms with van der Waals surface area (Å²) < 4.78 is 0. The van der Waals surface area contributed by atoms with Crippen LogP contribution in [-0.2, 0) is 11.3 Å². The third-order valence-electron chi connectivity index (χ3n) is 6.41. The molecule has 0 atom stereocenters. The second kappa shape index (κ2) is 7.02. The van der Waals surface area contributed by atoms with E-state index >= 15 is 0 Å². The molecule has 0 spiro atoms. The average molecular weight is 392 g/mol. The van der Waals surface area contributed by atoms with Gasteiger partial charge in [-0.05, 0) is 55.5 Å². The Labute approximate surface area is 172 Å². The molecular weight excluding hydrogens is 362 g/mol. The Morgan fingerprint density at radius 2 is 2.10 bits per heavy atom. The maximum absolute atomic E-state index is 13.5. The number of aromatic nitrogens is 1. The van der Waals surface area contributed by atoms with Crippen molar-refractivity contribution in [3.05, 3.63) is 42.1 Å². The minimum absolute atomic E-state index is 0.108. The summed E-state index contributed by atoms with van der Waals surface area (Å²) in [5.41, 5.74) is 4.39. The van der Waals surface area contributed by atoms with Gasteiger partial charge in [-0.2, -0.15) is 0 Å². The Balaban J connectivity index is 1.53. The molecule has 5 rings (SSSR count). The number of hydrogen-bond donors (Lipinski definition) is 2. The first-order valence-electron chi connectivity index (χ1n) is 10.6. The Morgan fingerprint density at radius 3 is 2.86 bits per heavy atom. The van der Waals surface area contributed by atoms with Gasteiger partial charge in [0, 0.05) is 29.9 Å². The fraction of sp³-hybridized carbons (Fsp3) is 0.478. The summed E-state index contributed by atoms with van der Waals surface area (Å²) in [7, 11) is 0. The van der Waals surface area contributed by atoms with Crippen LogP contribution in [-0.4, -0.2) is 30.6 Å². The van der Waals surface area contributed by atoms with Crippen molar-refractivity contribution in [3.8, 4) is 0 Å². The van der Waals surface area contributed by atoms with Crippen LogP contribution in [0.4, 0.5) is 22.9 Å². The Kier molecular flexibility index (Phi) is 4.46. The molecule has 29 heavy (non-hydrogen) atoms. The van der Waals surface area contributed by atoms with Crippen LogP contribution in [0.5, 0.6) is 0 Å². The molecule has 1 aliphatic carbocycles. The van der Waals surface area contributed by atoms with E-state index in [0.717, 1.165) is 67.5 Å². The largest absolute Gasteiger partial charge is 0.359 e. The van der Waals surface area contributed by atoms with E-state index in [-0.39, 0.29) is 17.2 Å². The van der Waals surface area contributed by atoms with Crippen molar-refractivity contribution < 1.29 is 4.79 Å². The molecule has 1 aromatic heterocycles. The highest BCUT2D eigenvalue weighted by atomic mass is 16.2. The lowest BCUT2D eigenvalue weighted by Gasteiger charge is -2.43. The zero-order valence-corrected chi connectivity index (χ0v) is 17.2. The van der Waals surface area contributed by atoms with Gasteiger partial charge in [-0.1, -0.05) is 19.9 Å². The lowest BCUT2D eigenvalue weighted by Crippen LogP contribution is -2.45. The van der Waals surface area contributed by atoms with Crippen molar-refractivity contribution in [1.29, 1.82) is 0 Å². The molecule has 6 nitrogen and oxygen atoms in total. The van der Waals surface area contributed by atoms with Crippen LogP contribution in [0.25, 0.3) is 0 Å². The SMILES string of the molecule is CC1(C)CC(C(=O)N2Cc3cccnc3Nc3ccc(N4CCCNC4)cc32)C1. The summed E-state index contributed by atoms with van der Waals surface area (Å²) in [6.07, 6.45) is 4.84. The number of hydrogen-bond acceptors (Lipinski definition) is 5. The van der Waals surface area contributed by atoms with E-state index < -0.39 is 0 Å². The molecule has 2 aliphatic heterocycles. The average Bonchev–Trinajstić information content (AvgIpc) is 2.88. The molecule has 6 heteroatoms. The monoisotopic (exact) mass is 391 g/mol. The van der Waals surface area contributed by atoms with Gasteiger partial charge < -0.3 is 15.1 Å². The van der Waals surface area contributed by atoms with E-state index in [1.165, 1.54) is 0 Å². The van der Waals surface area contributed by atoms with E-state index in [1.807, 2.05) is 11.0 Å². The molecule has 2 fully saturated rings. The molecule has 1 aromatic carbocycles. The number of carbonyl (C=O) groups is 1. The quantitative estimate of drug-likeness (QED) is 0.814. The lowest BCUT2D eigenvalue weighted by atomic mass is 9.64. The highest BCUT2D eigenvalue weighted by molar-refractivity contribution is 6.00. The molecule has 1 saturated carbocycles. The van der Waals surface area contributed by atoms with E-state index in [2.05, 4.69) is 58.6 Å². The fourth-order valence-corrected chi connectivity index (χ4v) is 4.88. The number of carbonyl (C=O) groups excluding carboxylic acids is 1. The Hall–Kier alpha value is -2.60. The predicted octanol–water partition coefficient (Wildman–Crippen LogP) is 3.87. The molecule has 3 heterocycles. The topological polar surface area (TPSA) is 60.5 Å². The molecular formula is C23H29N5O. The van der Waals surface area contributed by atoms with E-state index in [9.17, 15) is 4.79 Å². The van der Waals surface area contributed by atoms with Crippen LogP contribution in [0.3, 0.4) is 0 Å². The van der Waals surface area contributed by atoms with Gasteiger partial charge in [0.15, 0.2) is 0 Å². The number of amides is 1. The van der Waals surface area contributed by atoms with Gasteiger partial charge in [0.05, 0.1) is 24.6 Å². The van der Waals surface area contributed by atoms with Crippen LogP contribution in [0, 0.1) is 11.3 Å². The molecule has 0 unspecified atom stereocenters. The van der Waals surface area contributed by atoms with Gasteiger partial charge in [-0.15, -0.1) is 0 Å². The second-order valence-electron chi connectivity index (χ2n) is 9.31. The highest BCUT2D eigenvalue weighted by Gasteiger charge is 2.43. The molecule has 3 aliphatic rings. The maximum Gasteiger partial charge on any atom is 0.230 e. The van der Waals surface area contributed by atoms with Crippen molar-refractivity contribution in [2.45, 2.75) is 39.7 Å². The van der Waals surface area contributed by atoms with Crippen LogP contribution >= 0.6 is 0 Å². The summed E-state index contributed by atoms with van der Waals surface area (Å²) >= 11 is 0. The number of benzene rings is 1. The molecule has 2 aromatic rings. The minimum atomic E-state index is 0.108. The third-order valence-corrected chi connectivity index (χ3v) is 6.41. The van der Waals surface area contributed by atoms with Gasteiger partial charge in [0.1, 0.15) is 5.82 Å². The van der Waals surface area contributed by atoms with Crippen molar-refractivity contribution in [1.82, 2.24) is 10.3 Å². The molecule has 1 saturated heterocycles. The molecule has 152 valence electrons. The zero-order chi connectivity index (χ0) is 20.0. The summed E-state index contributed by atoms with van der Waals surface area (Å²) in [6.45, 7) is 7.99. The summed E-state index contributed by atoms with van der Waals surface area (Å²) in [4.78, 5) is 22.4. The van der Waals surface area contributed by atoms with Gasteiger partial charge in [-0.25, -0.2) is 4.98 Å².